The summed E-state index contributed by atoms with van der Waals surface area (Å²) in [5.74, 6) is 0. The fourth-order valence-electron chi connectivity index (χ4n) is 3.02. The Balaban J connectivity index is 1.60. The summed E-state index contributed by atoms with van der Waals surface area (Å²) in [5, 5.41) is 0.942. The summed E-state index contributed by atoms with van der Waals surface area (Å²) in [7, 11) is -3.82. The smallest absolute Gasteiger partial charge is 0.280 e. The van der Waals surface area contributed by atoms with Gasteiger partial charge in [0.25, 0.3) is 10.0 Å². The van der Waals surface area contributed by atoms with Crippen LogP contribution in [0.3, 0.4) is 0 Å². The van der Waals surface area contributed by atoms with Crippen LogP contribution in [0, 0.1) is 0 Å². The number of thiazole rings is 1. The minimum absolute atomic E-state index is 0.0871. The van der Waals surface area contributed by atoms with Crippen LogP contribution in [-0.4, -0.2) is 13.4 Å². The summed E-state index contributed by atoms with van der Waals surface area (Å²) in [5.41, 5.74) is 0.144. The van der Waals surface area contributed by atoms with Crippen LogP contribution in [0.4, 0.5) is 18.9 Å². The number of nitrogens with zero attached hydrogens (tertiary/aromatic N) is 1. The molecule has 0 saturated heterocycles. The second-order valence-corrected chi connectivity index (χ2v) is 10.4. The van der Waals surface area contributed by atoms with Crippen molar-refractivity contribution in [1.82, 2.24) is 4.98 Å². The van der Waals surface area contributed by atoms with E-state index in [0.717, 1.165) is 12.1 Å². The molecule has 0 fully saturated rings. The molecular weight excluding hydrogens is 504 g/mol. The Bertz CT molecular complexity index is 1380. The van der Waals surface area contributed by atoms with E-state index in [1.807, 2.05) is 0 Å². The van der Waals surface area contributed by atoms with Crippen molar-refractivity contribution in [3.63, 3.8) is 0 Å². The Morgan fingerprint density at radius 1 is 0.969 bits per heavy atom. The molecule has 0 saturated carbocycles. The first-order valence-corrected chi connectivity index (χ1v) is 12.1. The van der Waals surface area contributed by atoms with Crippen LogP contribution >= 0.6 is 34.5 Å². The maximum Gasteiger partial charge on any atom is 0.416 e. The molecule has 0 spiro atoms. The van der Waals surface area contributed by atoms with Crippen molar-refractivity contribution in [2.75, 3.05) is 4.72 Å². The van der Waals surface area contributed by atoms with Crippen molar-refractivity contribution in [2.24, 2.45) is 0 Å². The van der Waals surface area contributed by atoms with E-state index in [4.69, 9.17) is 23.2 Å². The van der Waals surface area contributed by atoms with Gasteiger partial charge in [0.05, 0.1) is 31.4 Å². The molecule has 3 aromatic carbocycles. The van der Waals surface area contributed by atoms with E-state index in [2.05, 4.69) is 9.71 Å². The first-order chi connectivity index (χ1) is 15.0. The van der Waals surface area contributed by atoms with Crippen LogP contribution in [0.2, 0.25) is 10.0 Å². The topological polar surface area (TPSA) is 59.1 Å². The van der Waals surface area contributed by atoms with Crippen LogP contribution in [0.5, 0.6) is 0 Å². The standard InChI is InChI=1S/C21H13Cl2F3N2O2S2/c22-16-9-13(28-32(29,30)14-4-2-1-3-5-14)10-17(23)15(16)11-20-27-18-8-12(21(24,25)26)6-7-19(18)31-20/h1-10,28H,11H2. The Hall–Kier alpha value is -2.33. The number of rotatable bonds is 5. The number of alkyl halides is 3. The molecule has 0 amide bonds. The van der Waals surface area contributed by atoms with Gasteiger partial charge in [0, 0.05) is 16.5 Å². The van der Waals surface area contributed by atoms with Gasteiger partial charge in [-0.1, -0.05) is 41.4 Å². The lowest BCUT2D eigenvalue weighted by atomic mass is 10.1. The predicted molar refractivity (Wildman–Crippen MR) is 121 cm³/mol. The maximum absolute atomic E-state index is 12.9. The number of aromatic nitrogens is 1. The van der Waals surface area contributed by atoms with Gasteiger partial charge in [0.15, 0.2) is 0 Å². The molecule has 1 heterocycles. The van der Waals surface area contributed by atoms with Gasteiger partial charge in [-0.3, -0.25) is 4.72 Å². The van der Waals surface area contributed by atoms with Gasteiger partial charge < -0.3 is 0 Å². The molecule has 32 heavy (non-hydrogen) atoms. The molecule has 0 radical (unpaired) electrons. The Labute approximate surface area is 195 Å². The molecule has 11 heteroatoms. The van der Waals surface area contributed by atoms with E-state index in [9.17, 15) is 21.6 Å². The lowest BCUT2D eigenvalue weighted by molar-refractivity contribution is -0.137. The molecular formula is C21H13Cl2F3N2O2S2. The quantitative estimate of drug-likeness (QED) is 0.310. The van der Waals surface area contributed by atoms with Crippen molar-refractivity contribution in [2.45, 2.75) is 17.5 Å². The van der Waals surface area contributed by atoms with Gasteiger partial charge in [0.1, 0.15) is 0 Å². The van der Waals surface area contributed by atoms with E-state index < -0.39 is 21.8 Å². The normalized spacial score (nSPS) is 12.3. The van der Waals surface area contributed by atoms with Crippen LogP contribution in [0.1, 0.15) is 16.1 Å². The number of benzene rings is 3. The molecule has 4 nitrogen and oxygen atoms in total. The number of hydrogen-bond donors (Lipinski definition) is 1. The van der Waals surface area contributed by atoms with Crippen LogP contribution in [0.15, 0.2) is 65.6 Å². The highest BCUT2D eigenvalue weighted by Crippen LogP contribution is 2.36. The maximum atomic E-state index is 12.9. The summed E-state index contributed by atoms with van der Waals surface area (Å²) < 4.78 is 66.9. The zero-order valence-electron chi connectivity index (χ0n) is 16.0. The van der Waals surface area contributed by atoms with Gasteiger partial charge in [-0.2, -0.15) is 13.2 Å². The number of fused-ring (bicyclic) bond motifs is 1. The first-order valence-electron chi connectivity index (χ1n) is 9.05. The molecule has 0 atom stereocenters. The number of hydrogen-bond acceptors (Lipinski definition) is 4. The number of anilines is 1. The van der Waals surface area contributed by atoms with Crippen molar-refractivity contribution in [3.8, 4) is 0 Å². The highest BCUT2D eigenvalue weighted by Gasteiger charge is 2.30. The van der Waals surface area contributed by atoms with E-state index in [0.29, 0.717) is 15.3 Å². The molecule has 0 bridgehead atoms. The second kappa shape index (κ2) is 8.55. The highest BCUT2D eigenvalue weighted by atomic mass is 35.5. The van der Waals surface area contributed by atoms with Crippen LogP contribution < -0.4 is 4.72 Å². The third-order valence-corrected chi connectivity index (χ3v) is 7.64. The lowest BCUT2D eigenvalue weighted by Gasteiger charge is -2.12. The minimum Gasteiger partial charge on any atom is -0.280 e. The molecule has 1 aromatic heterocycles. The third-order valence-electron chi connectivity index (χ3n) is 4.53. The van der Waals surface area contributed by atoms with Gasteiger partial charge in [-0.15, -0.1) is 11.3 Å². The van der Waals surface area contributed by atoms with E-state index in [1.54, 1.807) is 18.2 Å². The molecule has 166 valence electrons. The van der Waals surface area contributed by atoms with Crippen molar-refractivity contribution in [1.29, 1.82) is 0 Å². The number of nitrogens with one attached hydrogen (secondary N) is 1. The Kier molecular flexibility index (Phi) is 6.10. The first kappa shape index (κ1) is 22.8. The highest BCUT2D eigenvalue weighted by molar-refractivity contribution is 7.92. The monoisotopic (exact) mass is 516 g/mol. The Morgan fingerprint density at radius 2 is 1.62 bits per heavy atom. The van der Waals surface area contributed by atoms with E-state index in [1.165, 1.54) is 41.7 Å². The van der Waals surface area contributed by atoms with Crippen molar-refractivity contribution in [3.05, 3.63) is 86.8 Å². The SMILES string of the molecule is O=S(=O)(Nc1cc(Cl)c(Cc2nc3cc(C(F)(F)F)ccc3s2)c(Cl)c1)c1ccccc1. The number of sulfonamides is 1. The van der Waals surface area contributed by atoms with Crippen molar-refractivity contribution >= 4 is 60.5 Å². The molecule has 4 rings (SSSR count). The van der Waals surface area contributed by atoms with Crippen LogP contribution in [-0.2, 0) is 22.6 Å². The molecule has 4 aromatic rings. The summed E-state index contributed by atoms with van der Waals surface area (Å²) in [6.07, 6.45) is -4.27. The lowest BCUT2D eigenvalue weighted by Crippen LogP contribution is -2.13. The average molecular weight is 517 g/mol. The molecule has 1 N–H and O–H groups in total. The van der Waals surface area contributed by atoms with Gasteiger partial charge in [-0.05, 0) is 48.0 Å². The number of halogens is 5. The largest absolute Gasteiger partial charge is 0.416 e. The average Bonchev–Trinajstić information content (AvgIpc) is 3.12. The predicted octanol–water partition coefficient (Wildman–Crippen LogP) is 7.01. The van der Waals surface area contributed by atoms with Gasteiger partial charge in [-0.25, -0.2) is 13.4 Å². The fraction of sp³-hybridized carbons (Fsp3) is 0.0952. The van der Waals surface area contributed by atoms with Crippen molar-refractivity contribution < 1.29 is 21.6 Å². The zero-order chi connectivity index (χ0) is 23.1. The van der Waals surface area contributed by atoms with Crippen LogP contribution in [0.25, 0.3) is 10.2 Å². The molecule has 0 aliphatic carbocycles. The zero-order valence-corrected chi connectivity index (χ0v) is 19.1. The summed E-state index contributed by atoms with van der Waals surface area (Å²) in [4.78, 5) is 4.36. The van der Waals surface area contributed by atoms with E-state index in [-0.39, 0.29) is 32.6 Å². The molecule has 0 aliphatic heterocycles. The summed E-state index contributed by atoms with van der Waals surface area (Å²) >= 11 is 13.9. The van der Waals surface area contributed by atoms with Gasteiger partial charge in [0.2, 0.25) is 0 Å². The second-order valence-electron chi connectivity index (χ2n) is 6.80. The summed E-state index contributed by atoms with van der Waals surface area (Å²) in [6, 6.07) is 14.1. The minimum atomic E-state index is -4.45. The fourth-order valence-corrected chi connectivity index (χ4v) is 5.66. The van der Waals surface area contributed by atoms with Gasteiger partial charge >= 0.3 is 6.18 Å². The summed E-state index contributed by atoms with van der Waals surface area (Å²) in [6.45, 7) is 0. The van der Waals surface area contributed by atoms with E-state index >= 15 is 0 Å². The molecule has 0 aliphatic rings. The third kappa shape index (κ3) is 4.85. The molecule has 0 unspecified atom stereocenters. The Morgan fingerprint density at radius 3 is 2.25 bits per heavy atom.